The fraction of sp³-hybridized carbons (Fsp3) is 0.522. The van der Waals surface area contributed by atoms with E-state index in [0.717, 1.165) is 24.3 Å². The number of nitrogens with zero attached hydrogens (tertiary/aromatic N) is 1. The summed E-state index contributed by atoms with van der Waals surface area (Å²) in [5.74, 6) is -0.165. The van der Waals surface area contributed by atoms with Gasteiger partial charge in [0, 0.05) is 29.6 Å². The molecule has 1 aliphatic rings. The van der Waals surface area contributed by atoms with Gasteiger partial charge in [0.25, 0.3) is 15.9 Å². The highest BCUT2D eigenvalue weighted by Gasteiger charge is 2.33. The fourth-order valence-electron chi connectivity index (χ4n) is 3.73. The molecule has 3 rings (SSSR count). The number of amides is 1. The van der Waals surface area contributed by atoms with Crippen LogP contribution >= 0.6 is 11.3 Å². The number of sulfonamides is 1. The first-order valence-corrected chi connectivity index (χ1v) is 13.4. The molecule has 8 heteroatoms. The van der Waals surface area contributed by atoms with Gasteiger partial charge in [-0.1, -0.05) is 50.8 Å². The number of benzene rings is 1. The van der Waals surface area contributed by atoms with Gasteiger partial charge in [0.05, 0.1) is 6.54 Å². The summed E-state index contributed by atoms with van der Waals surface area (Å²) in [4.78, 5) is 13.0. The maximum Gasteiger partial charge on any atom is 0.252 e. The number of thiophene rings is 1. The van der Waals surface area contributed by atoms with E-state index in [4.69, 9.17) is 0 Å². The van der Waals surface area contributed by atoms with Gasteiger partial charge in [-0.2, -0.15) is 4.31 Å². The quantitative estimate of drug-likeness (QED) is 0.466. The van der Waals surface area contributed by atoms with Crippen molar-refractivity contribution in [2.24, 2.45) is 0 Å². The van der Waals surface area contributed by atoms with Crippen LogP contribution in [0.3, 0.4) is 0 Å². The first-order valence-electron chi connectivity index (χ1n) is 11.2. The number of hydrogen-bond donors (Lipinski definition) is 2. The highest BCUT2D eigenvalue weighted by molar-refractivity contribution is 7.91. The Morgan fingerprint density at radius 2 is 1.87 bits per heavy atom. The molecule has 6 nitrogen and oxygen atoms in total. The molecule has 0 bridgehead atoms. The third-order valence-corrected chi connectivity index (χ3v) is 8.97. The molecule has 1 amide bonds. The molecule has 1 aliphatic heterocycles. The van der Waals surface area contributed by atoms with E-state index in [-0.39, 0.29) is 11.9 Å². The van der Waals surface area contributed by atoms with E-state index in [0.29, 0.717) is 29.4 Å². The van der Waals surface area contributed by atoms with Gasteiger partial charge < -0.3 is 10.6 Å². The van der Waals surface area contributed by atoms with Crippen LogP contribution in [0.2, 0.25) is 0 Å². The van der Waals surface area contributed by atoms with Crippen LogP contribution in [-0.4, -0.2) is 44.3 Å². The lowest BCUT2D eigenvalue weighted by Crippen LogP contribution is -2.35. The summed E-state index contributed by atoms with van der Waals surface area (Å²) in [7, 11) is -3.48. The van der Waals surface area contributed by atoms with E-state index in [2.05, 4.69) is 17.6 Å². The molecular formula is C23H33N3O3S2. The van der Waals surface area contributed by atoms with Crippen molar-refractivity contribution in [3.05, 3.63) is 52.9 Å². The maximum absolute atomic E-state index is 13.0. The average Bonchev–Trinajstić information content (AvgIpc) is 3.46. The van der Waals surface area contributed by atoms with E-state index in [1.165, 1.54) is 37.0 Å². The molecule has 0 radical (unpaired) electrons. The molecule has 2 N–H and O–H groups in total. The zero-order valence-corrected chi connectivity index (χ0v) is 19.8. The molecule has 1 fully saturated rings. The van der Waals surface area contributed by atoms with Gasteiger partial charge in [0.2, 0.25) is 0 Å². The zero-order chi connectivity index (χ0) is 22.1. The zero-order valence-electron chi connectivity index (χ0n) is 18.2. The smallest absolute Gasteiger partial charge is 0.252 e. The van der Waals surface area contributed by atoms with E-state index >= 15 is 0 Å². The second-order valence-electron chi connectivity index (χ2n) is 7.99. The van der Waals surface area contributed by atoms with Gasteiger partial charge in [-0.25, -0.2) is 8.42 Å². The Morgan fingerprint density at radius 3 is 2.65 bits per heavy atom. The first kappa shape index (κ1) is 23.9. The summed E-state index contributed by atoms with van der Waals surface area (Å²) < 4.78 is 28.0. The number of hydrogen-bond acceptors (Lipinski definition) is 5. The van der Waals surface area contributed by atoms with Crippen molar-refractivity contribution in [1.82, 2.24) is 14.9 Å². The van der Waals surface area contributed by atoms with Crippen LogP contribution in [0, 0.1) is 0 Å². The van der Waals surface area contributed by atoms with Crippen LogP contribution in [-0.2, 0) is 16.6 Å². The molecule has 1 aromatic carbocycles. The highest BCUT2D eigenvalue weighted by atomic mass is 32.2. The number of carbonyl (C=O) groups is 1. The lowest BCUT2D eigenvalue weighted by molar-refractivity contribution is 0.0951. The van der Waals surface area contributed by atoms with Crippen LogP contribution in [0.5, 0.6) is 0 Å². The third-order valence-electron chi connectivity index (χ3n) is 5.55. The van der Waals surface area contributed by atoms with Gasteiger partial charge in [-0.05, 0) is 43.7 Å². The average molecular weight is 464 g/mol. The maximum atomic E-state index is 13.0. The second kappa shape index (κ2) is 11.8. The fourth-order valence-corrected chi connectivity index (χ4v) is 6.68. The predicted octanol–water partition coefficient (Wildman–Crippen LogP) is 4.00. The summed E-state index contributed by atoms with van der Waals surface area (Å²) >= 11 is 1.23. The Labute approximate surface area is 190 Å². The summed E-state index contributed by atoms with van der Waals surface area (Å²) in [5.41, 5.74) is 0.591. The van der Waals surface area contributed by atoms with E-state index in [1.54, 1.807) is 28.6 Å². The molecular weight excluding hydrogens is 430 g/mol. The van der Waals surface area contributed by atoms with Crippen molar-refractivity contribution in [3.8, 4) is 0 Å². The number of carbonyl (C=O) groups excluding carboxylic acids is 1. The number of nitrogens with one attached hydrogen (secondary N) is 2. The normalized spacial score (nSPS) is 17.1. The van der Waals surface area contributed by atoms with Crippen molar-refractivity contribution >= 4 is 27.3 Å². The van der Waals surface area contributed by atoms with Crippen LogP contribution < -0.4 is 10.6 Å². The minimum absolute atomic E-state index is 0.165. The molecule has 0 saturated carbocycles. The number of unbranched alkanes of at least 4 members (excludes halogenated alkanes) is 4. The lowest BCUT2D eigenvalue weighted by atomic mass is 10.1. The van der Waals surface area contributed by atoms with Gasteiger partial charge in [0.1, 0.15) is 4.21 Å². The van der Waals surface area contributed by atoms with Crippen molar-refractivity contribution in [3.63, 3.8) is 0 Å². The van der Waals surface area contributed by atoms with Gasteiger partial charge in [-0.15, -0.1) is 11.3 Å². The van der Waals surface area contributed by atoms with Gasteiger partial charge in [-0.3, -0.25) is 4.79 Å². The molecule has 0 spiro atoms. The second-order valence-corrected chi connectivity index (χ2v) is 11.3. The van der Waals surface area contributed by atoms with Crippen LogP contribution in [0.4, 0.5) is 0 Å². The number of rotatable bonds is 12. The van der Waals surface area contributed by atoms with E-state index < -0.39 is 10.0 Å². The summed E-state index contributed by atoms with van der Waals surface area (Å²) in [5, 5.41) is 6.37. The Kier molecular flexibility index (Phi) is 9.07. The highest BCUT2D eigenvalue weighted by Crippen LogP contribution is 2.27. The van der Waals surface area contributed by atoms with Gasteiger partial charge >= 0.3 is 0 Å². The van der Waals surface area contributed by atoms with E-state index in [1.807, 2.05) is 18.2 Å². The Hall–Kier alpha value is -1.74. The molecule has 2 aromatic rings. The van der Waals surface area contributed by atoms with Crippen molar-refractivity contribution in [1.29, 1.82) is 0 Å². The minimum atomic E-state index is -3.48. The molecule has 1 atom stereocenters. The molecule has 1 unspecified atom stereocenters. The summed E-state index contributed by atoms with van der Waals surface area (Å²) in [6.45, 7) is 4.55. The Balaban J connectivity index is 1.46. The molecule has 2 heterocycles. The molecule has 1 aromatic heterocycles. The van der Waals surface area contributed by atoms with Crippen LogP contribution in [0.1, 0.15) is 60.7 Å². The molecule has 1 saturated heterocycles. The predicted molar refractivity (Wildman–Crippen MR) is 126 cm³/mol. The monoisotopic (exact) mass is 463 g/mol. The minimum Gasteiger partial charge on any atom is -0.347 e. The Morgan fingerprint density at radius 1 is 1.10 bits per heavy atom. The standard InChI is InChI=1S/C23H33N3O3S2/c1-2-3-4-5-9-15-24-20-14-16-26(18-20)31(28,29)22-13-12-21(30-22)17-25-23(27)19-10-7-6-8-11-19/h6-8,10-13,20,24H,2-5,9,14-18H2,1H3,(H,25,27). The molecule has 170 valence electrons. The van der Waals surface area contributed by atoms with Crippen LogP contribution in [0.15, 0.2) is 46.7 Å². The van der Waals surface area contributed by atoms with E-state index in [9.17, 15) is 13.2 Å². The van der Waals surface area contributed by atoms with Crippen molar-refractivity contribution in [2.75, 3.05) is 19.6 Å². The SMILES string of the molecule is CCCCCCCNC1CCN(S(=O)(=O)c2ccc(CNC(=O)c3ccccc3)s2)C1. The van der Waals surface area contributed by atoms with Crippen LogP contribution in [0.25, 0.3) is 0 Å². The first-order chi connectivity index (χ1) is 15.0. The lowest BCUT2D eigenvalue weighted by Gasteiger charge is -2.16. The largest absolute Gasteiger partial charge is 0.347 e. The topological polar surface area (TPSA) is 78.5 Å². The van der Waals surface area contributed by atoms with Gasteiger partial charge in [0.15, 0.2) is 0 Å². The Bertz CT molecular complexity index is 929. The van der Waals surface area contributed by atoms with Crippen molar-refractivity contribution < 1.29 is 13.2 Å². The summed E-state index contributed by atoms with van der Waals surface area (Å²) in [6.07, 6.45) is 7.02. The van der Waals surface area contributed by atoms with Crippen molar-refractivity contribution in [2.45, 2.75) is 62.2 Å². The third kappa shape index (κ3) is 6.87. The molecule has 0 aliphatic carbocycles. The molecule has 31 heavy (non-hydrogen) atoms. The summed E-state index contributed by atoms with van der Waals surface area (Å²) in [6, 6.07) is 12.7.